The van der Waals surface area contributed by atoms with Crippen molar-refractivity contribution in [3.8, 4) is 0 Å². The van der Waals surface area contributed by atoms with Crippen molar-refractivity contribution in [2.24, 2.45) is 5.73 Å². The highest BCUT2D eigenvalue weighted by Crippen LogP contribution is 2.21. The minimum Gasteiger partial charge on any atom is -0.352 e. The van der Waals surface area contributed by atoms with Gasteiger partial charge >= 0.3 is 6.03 Å². The number of nitrogens with one attached hydrogen (secondary N) is 2. The number of thiophene rings is 1. The van der Waals surface area contributed by atoms with Crippen LogP contribution in [0.2, 0.25) is 4.34 Å². The Morgan fingerprint density at radius 2 is 1.91 bits per heavy atom. The molecule has 1 aromatic carbocycles. The van der Waals surface area contributed by atoms with Gasteiger partial charge in [-0.1, -0.05) is 41.9 Å². The minimum absolute atomic E-state index is 0.285. The maximum Gasteiger partial charge on any atom is 0.312 e. The number of hydrogen-bond donors (Lipinski definition) is 3. The van der Waals surface area contributed by atoms with E-state index in [9.17, 15) is 9.59 Å². The van der Waals surface area contributed by atoms with E-state index in [0.29, 0.717) is 17.3 Å². The molecule has 1 aromatic heterocycles. The van der Waals surface area contributed by atoms with Crippen molar-refractivity contribution in [2.75, 3.05) is 0 Å². The van der Waals surface area contributed by atoms with Crippen molar-refractivity contribution in [3.05, 3.63) is 57.2 Å². The highest BCUT2D eigenvalue weighted by molar-refractivity contribution is 7.16. The molecular weight excluding hydrogens is 322 g/mol. The fourth-order valence-corrected chi connectivity index (χ4v) is 3.00. The molecule has 4 N–H and O–H groups in total. The molecule has 3 amide bonds. The SMILES string of the molecule is NC(=O)N[C@H](Cc1ccccc1)C(=O)NCc1ccc(Cl)s1. The van der Waals surface area contributed by atoms with Crippen LogP contribution in [0.25, 0.3) is 0 Å². The third kappa shape index (κ3) is 5.05. The van der Waals surface area contributed by atoms with Crippen LogP contribution in [0.3, 0.4) is 0 Å². The smallest absolute Gasteiger partial charge is 0.312 e. The highest BCUT2D eigenvalue weighted by Gasteiger charge is 2.20. The summed E-state index contributed by atoms with van der Waals surface area (Å²) in [7, 11) is 0. The van der Waals surface area contributed by atoms with E-state index in [1.165, 1.54) is 11.3 Å². The number of nitrogens with two attached hydrogens (primary N) is 1. The fourth-order valence-electron chi connectivity index (χ4n) is 1.97. The summed E-state index contributed by atoms with van der Waals surface area (Å²) in [5, 5.41) is 5.25. The standard InChI is InChI=1S/C15H16ClN3O2S/c16-13-7-6-11(22-13)9-18-14(20)12(19-15(17)21)8-10-4-2-1-3-5-10/h1-7,12H,8-9H2,(H,18,20)(H3,17,19,21)/t12-/m1/s1. The van der Waals surface area contributed by atoms with Gasteiger partial charge in [0.25, 0.3) is 0 Å². The van der Waals surface area contributed by atoms with Crippen LogP contribution < -0.4 is 16.4 Å². The van der Waals surface area contributed by atoms with Crippen LogP contribution >= 0.6 is 22.9 Å². The molecule has 5 nitrogen and oxygen atoms in total. The van der Waals surface area contributed by atoms with Crippen LogP contribution in [0.15, 0.2) is 42.5 Å². The summed E-state index contributed by atoms with van der Waals surface area (Å²) in [4.78, 5) is 24.3. The van der Waals surface area contributed by atoms with Crippen LogP contribution in [-0.2, 0) is 17.8 Å². The molecule has 2 aromatic rings. The molecule has 1 atom stereocenters. The van der Waals surface area contributed by atoms with Gasteiger partial charge in [0.15, 0.2) is 0 Å². The number of carbonyl (C=O) groups is 2. The lowest BCUT2D eigenvalue weighted by Gasteiger charge is -2.17. The maximum atomic E-state index is 12.3. The summed E-state index contributed by atoms with van der Waals surface area (Å²) in [6.07, 6.45) is 0.376. The Morgan fingerprint density at radius 3 is 2.50 bits per heavy atom. The molecule has 0 spiro atoms. The van der Waals surface area contributed by atoms with E-state index in [4.69, 9.17) is 17.3 Å². The largest absolute Gasteiger partial charge is 0.352 e. The van der Waals surface area contributed by atoms with Crippen molar-refractivity contribution in [1.82, 2.24) is 10.6 Å². The van der Waals surface area contributed by atoms with E-state index in [2.05, 4.69) is 10.6 Å². The topological polar surface area (TPSA) is 84.2 Å². The second kappa shape index (κ2) is 7.82. The first-order valence-electron chi connectivity index (χ1n) is 6.66. The van der Waals surface area contributed by atoms with E-state index in [-0.39, 0.29) is 5.91 Å². The summed E-state index contributed by atoms with van der Waals surface area (Å²) >= 11 is 7.24. The number of hydrogen-bond acceptors (Lipinski definition) is 3. The Kier molecular flexibility index (Phi) is 5.80. The van der Waals surface area contributed by atoms with Gasteiger partial charge in [0.2, 0.25) is 5.91 Å². The van der Waals surface area contributed by atoms with E-state index >= 15 is 0 Å². The number of rotatable bonds is 6. The Balaban J connectivity index is 1.97. The average molecular weight is 338 g/mol. The molecule has 0 bridgehead atoms. The lowest BCUT2D eigenvalue weighted by Crippen LogP contribution is -2.49. The van der Waals surface area contributed by atoms with Gasteiger partial charge in [-0.25, -0.2) is 4.79 Å². The Labute approximate surface area is 137 Å². The molecule has 0 fully saturated rings. The zero-order chi connectivity index (χ0) is 15.9. The molecule has 1 heterocycles. The van der Waals surface area contributed by atoms with Crippen LogP contribution in [0.5, 0.6) is 0 Å². The van der Waals surface area contributed by atoms with E-state index < -0.39 is 12.1 Å². The number of amides is 3. The zero-order valence-electron chi connectivity index (χ0n) is 11.7. The zero-order valence-corrected chi connectivity index (χ0v) is 13.3. The van der Waals surface area contributed by atoms with Gasteiger partial charge in [0.1, 0.15) is 6.04 Å². The van der Waals surface area contributed by atoms with E-state index in [1.807, 2.05) is 36.4 Å². The Hall–Kier alpha value is -2.05. The first-order valence-corrected chi connectivity index (χ1v) is 7.86. The highest BCUT2D eigenvalue weighted by atomic mass is 35.5. The summed E-state index contributed by atoms with van der Waals surface area (Å²) in [5.74, 6) is -0.285. The predicted molar refractivity (Wildman–Crippen MR) is 87.8 cm³/mol. The number of urea groups is 1. The third-order valence-corrected chi connectivity index (χ3v) is 4.21. The van der Waals surface area contributed by atoms with Gasteiger partial charge in [0.05, 0.1) is 10.9 Å². The van der Waals surface area contributed by atoms with E-state index in [1.54, 1.807) is 6.07 Å². The molecule has 22 heavy (non-hydrogen) atoms. The van der Waals surface area contributed by atoms with Gasteiger partial charge in [0, 0.05) is 11.3 Å². The van der Waals surface area contributed by atoms with Crippen LogP contribution in [0.4, 0.5) is 4.79 Å². The van der Waals surface area contributed by atoms with Crippen molar-refractivity contribution in [2.45, 2.75) is 19.0 Å². The molecular formula is C15H16ClN3O2S. The summed E-state index contributed by atoms with van der Waals surface area (Å²) in [6.45, 7) is 0.363. The summed E-state index contributed by atoms with van der Waals surface area (Å²) in [5.41, 5.74) is 6.09. The quantitative estimate of drug-likeness (QED) is 0.755. The Bertz CT molecular complexity index is 645. The first-order chi connectivity index (χ1) is 10.5. The van der Waals surface area contributed by atoms with Crippen molar-refractivity contribution in [3.63, 3.8) is 0 Å². The monoisotopic (exact) mass is 337 g/mol. The predicted octanol–water partition coefficient (Wildman–Crippen LogP) is 2.30. The number of carbonyl (C=O) groups excluding carboxylic acids is 2. The molecule has 0 saturated carbocycles. The van der Waals surface area contributed by atoms with Crippen molar-refractivity contribution >= 4 is 34.9 Å². The molecule has 0 aliphatic heterocycles. The maximum absolute atomic E-state index is 12.3. The second-order valence-electron chi connectivity index (χ2n) is 4.67. The molecule has 2 rings (SSSR count). The minimum atomic E-state index is -0.727. The number of halogens is 1. The molecule has 116 valence electrons. The van der Waals surface area contributed by atoms with Gasteiger partial charge in [-0.15, -0.1) is 11.3 Å². The third-order valence-electron chi connectivity index (χ3n) is 2.98. The average Bonchev–Trinajstić information content (AvgIpc) is 2.90. The van der Waals surface area contributed by atoms with Crippen molar-refractivity contribution < 1.29 is 9.59 Å². The number of primary amides is 1. The Morgan fingerprint density at radius 1 is 1.18 bits per heavy atom. The van der Waals surface area contributed by atoms with Gasteiger partial charge in [-0.05, 0) is 17.7 Å². The van der Waals surface area contributed by atoms with Gasteiger partial charge in [-0.3, -0.25) is 4.79 Å². The second-order valence-corrected chi connectivity index (χ2v) is 6.47. The lowest BCUT2D eigenvalue weighted by molar-refractivity contribution is -0.123. The first kappa shape index (κ1) is 16.3. The molecule has 0 aliphatic carbocycles. The summed E-state index contributed by atoms with van der Waals surface area (Å²) in [6, 6.07) is 11.6. The van der Waals surface area contributed by atoms with Crippen LogP contribution in [0.1, 0.15) is 10.4 Å². The van der Waals surface area contributed by atoms with Crippen molar-refractivity contribution in [1.29, 1.82) is 0 Å². The molecule has 0 aliphatic rings. The van der Waals surface area contributed by atoms with Crippen LogP contribution in [-0.4, -0.2) is 18.0 Å². The molecule has 7 heteroatoms. The van der Waals surface area contributed by atoms with E-state index in [0.717, 1.165) is 10.4 Å². The normalized spacial score (nSPS) is 11.7. The number of benzene rings is 1. The van der Waals surface area contributed by atoms with Gasteiger partial charge in [-0.2, -0.15) is 0 Å². The fraction of sp³-hybridized carbons (Fsp3) is 0.200. The lowest BCUT2D eigenvalue weighted by atomic mass is 10.1. The summed E-state index contributed by atoms with van der Waals surface area (Å²) < 4.78 is 0.667. The molecule has 0 radical (unpaired) electrons. The van der Waals surface area contributed by atoms with Gasteiger partial charge < -0.3 is 16.4 Å². The molecule has 0 saturated heterocycles. The van der Waals surface area contributed by atoms with Crippen LogP contribution in [0, 0.1) is 0 Å². The molecule has 0 unspecified atom stereocenters.